The van der Waals surface area contributed by atoms with Crippen LogP contribution in [0.3, 0.4) is 0 Å². The van der Waals surface area contributed by atoms with Crippen molar-refractivity contribution in [3.05, 3.63) is 46.4 Å². The van der Waals surface area contributed by atoms with Crippen molar-refractivity contribution in [1.29, 1.82) is 0 Å². The first kappa shape index (κ1) is 19.9. The Labute approximate surface area is 159 Å². The largest absolute Gasteiger partial charge is 0.480 e. The van der Waals surface area contributed by atoms with Crippen LogP contribution in [0.2, 0.25) is 0 Å². The third kappa shape index (κ3) is 4.33. The maximum absolute atomic E-state index is 14.5. The van der Waals surface area contributed by atoms with E-state index >= 15 is 0 Å². The lowest BCUT2D eigenvalue weighted by molar-refractivity contribution is -0.125. The highest BCUT2D eigenvalue weighted by atomic mass is 19.3. The summed E-state index contributed by atoms with van der Waals surface area (Å²) in [6, 6.07) is 5.08. The molecule has 2 atom stereocenters. The molecule has 2 aromatic rings. The number of likely N-dealkylation sites (tertiary alicyclic amines) is 1. The van der Waals surface area contributed by atoms with E-state index in [4.69, 9.17) is 4.74 Å². The van der Waals surface area contributed by atoms with Gasteiger partial charge in [-0.05, 0) is 18.6 Å². The zero-order chi connectivity index (χ0) is 20.3. The van der Waals surface area contributed by atoms with Gasteiger partial charge < -0.3 is 15.0 Å². The first-order valence-electron chi connectivity index (χ1n) is 8.79. The number of carbonyl (C=O) groups excluding carboxylic acids is 1. The van der Waals surface area contributed by atoms with Gasteiger partial charge in [0.15, 0.2) is 5.82 Å². The van der Waals surface area contributed by atoms with Crippen LogP contribution in [-0.4, -0.2) is 58.2 Å². The van der Waals surface area contributed by atoms with Crippen LogP contribution in [0.4, 0.5) is 14.6 Å². The molecule has 0 aromatic carbocycles. The highest BCUT2D eigenvalue weighted by Crippen LogP contribution is 2.40. The number of nitrogens with zero attached hydrogens (tertiary/aromatic N) is 3. The van der Waals surface area contributed by atoms with Crippen molar-refractivity contribution in [1.82, 2.24) is 20.1 Å². The molecule has 0 bridgehead atoms. The van der Waals surface area contributed by atoms with Crippen LogP contribution in [0.25, 0.3) is 0 Å². The van der Waals surface area contributed by atoms with E-state index in [9.17, 15) is 18.4 Å². The average Bonchev–Trinajstić information content (AvgIpc) is 2.69. The number of aromatic nitrogens is 3. The third-order valence-corrected chi connectivity index (χ3v) is 4.90. The molecule has 1 fully saturated rings. The minimum atomic E-state index is -2.92. The maximum Gasteiger partial charge on any atom is 0.257 e. The van der Waals surface area contributed by atoms with Gasteiger partial charge in [-0.25, -0.2) is 8.78 Å². The van der Waals surface area contributed by atoms with Gasteiger partial charge in [0.25, 0.3) is 5.92 Å². The molecular formula is C18H21F2N5O3. The number of pyridine rings is 1. The van der Waals surface area contributed by atoms with E-state index in [0.717, 1.165) is 0 Å². The number of halogens is 2. The van der Waals surface area contributed by atoms with Crippen molar-refractivity contribution < 1.29 is 18.3 Å². The second-order valence-corrected chi connectivity index (χ2v) is 6.67. The number of nitrogens with one attached hydrogen (secondary N) is 2. The smallest absolute Gasteiger partial charge is 0.257 e. The summed E-state index contributed by atoms with van der Waals surface area (Å²) in [5.74, 6) is -3.85. The van der Waals surface area contributed by atoms with E-state index in [-0.39, 0.29) is 36.8 Å². The fourth-order valence-corrected chi connectivity index (χ4v) is 3.16. The number of methoxy groups -OCH3 is 1. The fourth-order valence-electron chi connectivity index (χ4n) is 3.16. The number of amides is 1. The zero-order valence-corrected chi connectivity index (χ0v) is 15.5. The first-order chi connectivity index (χ1) is 13.3. The summed E-state index contributed by atoms with van der Waals surface area (Å²) in [7, 11) is 1.45. The highest BCUT2D eigenvalue weighted by molar-refractivity contribution is 5.93. The molecule has 0 aliphatic carbocycles. The van der Waals surface area contributed by atoms with Crippen LogP contribution >= 0.6 is 0 Å². The Kier molecular flexibility index (Phi) is 5.68. The Balaban J connectivity index is 1.70. The summed E-state index contributed by atoms with van der Waals surface area (Å²) in [5, 5.41) is 10.2. The number of anilines is 1. The molecule has 3 rings (SSSR count). The number of rotatable bonds is 5. The summed E-state index contributed by atoms with van der Waals surface area (Å²) in [6.45, 7) is 1.72. The molecule has 8 nitrogen and oxygen atoms in total. The van der Waals surface area contributed by atoms with Gasteiger partial charge in [0.1, 0.15) is 0 Å². The number of ether oxygens (including phenoxy) is 1. The van der Waals surface area contributed by atoms with Gasteiger partial charge in [-0.2, -0.15) is 0 Å². The molecule has 0 spiro atoms. The predicted molar refractivity (Wildman–Crippen MR) is 97.6 cm³/mol. The quantitative estimate of drug-likeness (QED) is 0.801. The van der Waals surface area contributed by atoms with Gasteiger partial charge in [0.2, 0.25) is 17.3 Å². The van der Waals surface area contributed by atoms with Crippen LogP contribution in [0.1, 0.15) is 24.8 Å². The van der Waals surface area contributed by atoms with E-state index in [1.807, 2.05) is 0 Å². The van der Waals surface area contributed by atoms with Crippen molar-refractivity contribution >= 4 is 11.7 Å². The molecule has 1 saturated heterocycles. The molecular weight excluding hydrogens is 372 g/mol. The number of alkyl halides is 2. The van der Waals surface area contributed by atoms with Crippen molar-refractivity contribution in [2.45, 2.75) is 31.2 Å². The van der Waals surface area contributed by atoms with Crippen molar-refractivity contribution in [3.63, 3.8) is 0 Å². The molecule has 150 valence electrons. The van der Waals surface area contributed by atoms with Gasteiger partial charge in [-0.1, -0.05) is 6.07 Å². The lowest BCUT2D eigenvalue weighted by Gasteiger charge is -2.40. The second-order valence-electron chi connectivity index (χ2n) is 6.67. The topological polar surface area (TPSA) is 100 Å². The Hall–Kier alpha value is -2.88. The number of H-pyrrole nitrogens is 1. The molecule has 2 N–H and O–H groups in total. The molecule has 0 saturated carbocycles. The predicted octanol–water partition coefficient (Wildman–Crippen LogP) is 1.63. The van der Waals surface area contributed by atoms with Crippen LogP contribution in [-0.2, 0) is 4.79 Å². The Bertz CT molecular complexity index is 867. The van der Waals surface area contributed by atoms with Crippen LogP contribution in [0, 0.1) is 0 Å². The molecule has 28 heavy (non-hydrogen) atoms. The van der Waals surface area contributed by atoms with Gasteiger partial charge in [-0.3, -0.25) is 14.5 Å². The van der Waals surface area contributed by atoms with Crippen molar-refractivity contribution in [2.24, 2.45) is 0 Å². The molecule has 2 aromatic heterocycles. The number of carbonyl (C=O) groups is 1. The van der Waals surface area contributed by atoms with E-state index < -0.39 is 17.9 Å². The van der Waals surface area contributed by atoms with Gasteiger partial charge >= 0.3 is 0 Å². The van der Waals surface area contributed by atoms with Crippen LogP contribution < -0.4 is 15.6 Å². The normalized spacial score (nSPS) is 20.4. The summed E-state index contributed by atoms with van der Waals surface area (Å²) < 4.78 is 33.8. The number of piperidine rings is 1. The zero-order valence-electron chi connectivity index (χ0n) is 15.5. The number of aromatic amines is 1. The monoisotopic (exact) mass is 393 g/mol. The molecule has 10 heteroatoms. The van der Waals surface area contributed by atoms with Crippen LogP contribution in [0.15, 0.2) is 35.3 Å². The Morgan fingerprint density at radius 2 is 2.14 bits per heavy atom. The lowest BCUT2D eigenvalue weighted by Crippen LogP contribution is -2.52. The maximum atomic E-state index is 14.5. The summed E-state index contributed by atoms with van der Waals surface area (Å²) in [5.41, 5.74) is -0.0176. The molecule has 3 heterocycles. The van der Waals surface area contributed by atoms with Gasteiger partial charge in [-0.15, -0.1) is 10.2 Å². The molecule has 1 aliphatic rings. The summed E-state index contributed by atoms with van der Waals surface area (Å²) in [4.78, 5) is 27.9. The molecule has 1 aliphatic heterocycles. The van der Waals surface area contributed by atoms with E-state index in [2.05, 4.69) is 20.5 Å². The standard InChI is InChI=1S/C18H21F2N5O3/c1-11(17(27)22-14-4-6-16(28-2)24-23-14)25-8-7-18(19,20)13(10-25)12-3-5-15(26)21-9-12/h3-6,9,11,13H,7-8,10H2,1-2H3,(H,21,26)(H,22,23,27). The molecule has 2 unspecified atom stereocenters. The summed E-state index contributed by atoms with van der Waals surface area (Å²) in [6.07, 6.45) is 0.929. The second kappa shape index (κ2) is 8.01. The number of hydrogen-bond donors (Lipinski definition) is 2. The minimum Gasteiger partial charge on any atom is -0.480 e. The van der Waals surface area contributed by atoms with E-state index in [0.29, 0.717) is 11.4 Å². The van der Waals surface area contributed by atoms with E-state index in [1.54, 1.807) is 24.0 Å². The van der Waals surface area contributed by atoms with Gasteiger partial charge in [0.05, 0.1) is 19.1 Å². The molecule has 1 amide bonds. The van der Waals surface area contributed by atoms with Crippen molar-refractivity contribution in [3.8, 4) is 5.88 Å². The third-order valence-electron chi connectivity index (χ3n) is 4.90. The SMILES string of the molecule is COc1ccc(NC(=O)C(C)N2CCC(F)(F)C(c3ccc(=O)[nH]c3)C2)nn1. The van der Waals surface area contributed by atoms with Crippen LogP contribution in [0.5, 0.6) is 5.88 Å². The lowest BCUT2D eigenvalue weighted by atomic mass is 9.87. The van der Waals surface area contributed by atoms with Crippen molar-refractivity contribution in [2.75, 3.05) is 25.5 Å². The highest BCUT2D eigenvalue weighted by Gasteiger charge is 2.46. The summed E-state index contributed by atoms with van der Waals surface area (Å²) >= 11 is 0. The first-order valence-corrected chi connectivity index (χ1v) is 8.79. The average molecular weight is 393 g/mol. The molecule has 0 radical (unpaired) electrons. The minimum absolute atomic E-state index is 0.0120. The van der Waals surface area contributed by atoms with E-state index in [1.165, 1.54) is 25.4 Å². The Morgan fingerprint density at radius 1 is 1.36 bits per heavy atom. The van der Waals surface area contributed by atoms with Gasteiger partial charge in [0, 0.05) is 37.8 Å². The fraction of sp³-hybridized carbons (Fsp3) is 0.444. The number of hydrogen-bond acceptors (Lipinski definition) is 6. The Morgan fingerprint density at radius 3 is 2.75 bits per heavy atom.